The van der Waals surface area contributed by atoms with Crippen molar-refractivity contribution in [3.63, 3.8) is 0 Å². The fourth-order valence-corrected chi connectivity index (χ4v) is 2.31. The molecule has 0 aliphatic carbocycles. The van der Waals surface area contributed by atoms with Gasteiger partial charge >= 0.3 is 0 Å². The van der Waals surface area contributed by atoms with Crippen molar-refractivity contribution in [2.75, 3.05) is 20.3 Å². The molecule has 0 aromatic heterocycles. The predicted molar refractivity (Wildman–Crippen MR) is 76.7 cm³/mol. The second kappa shape index (κ2) is 9.00. The summed E-state index contributed by atoms with van der Waals surface area (Å²) in [4.78, 5) is 11.8. The summed E-state index contributed by atoms with van der Waals surface area (Å²) < 4.78 is 4.93. The predicted octanol–water partition coefficient (Wildman–Crippen LogP) is 2.46. The van der Waals surface area contributed by atoms with Crippen LogP contribution in [0.1, 0.15) is 18.9 Å². The molecule has 4 heteroatoms. The largest absolute Gasteiger partial charge is 0.385 e. The van der Waals surface area contributed by atoms with Gasteiger partial charge in [-0.05, 0) is 18.9 Å². The summed E-state index contributed by atoms with van der Waals surface area (Å²) in [5.41, 5.74) is 1.25. The van der Waals surface area contributed by atoms with Crippen molar-refractivity contribution in [1.29, 1.82) is 0 Å². The van der Waals surface area contributed by atoms with E-state index < -0.39 is 0 Å². The van der Waals surface area contributed by atoms with Crippen LogP contribution in [0.25, 0.3) is 0 Å². The molecular formula is C14H21NO2S. The van der Waals surface area contributed by atoms with Crippen molar-refractivity contribution in [2.45, 2.75) is 24.3 Å². The van der Waals surface area contributed by atoms with E-state index in [1.165, 1.54) is 5.56 Å². The summed E-state index contributed by atoms with van der Waals surface area (Å²) in [7, 11) is 1.67. The summed E-state index contributed by atoms with van der Waals surface area (Å²) in [5.74, 6) is 0.972. The molecule has 0 saturated carbocycles. The van der Waals surface area contributed by atoms with E-state index in [0.29, 0.717) is 13.2 Å². The van der Waals surface area contributed by atoms with Gasteiger partial charge < -0.3 is 10.1 Å². The van der Waals surface area contributed by atoms with Crippen LogP contribution in [0.3, 0.4) is 0 Å². The van der Waals surface area contributed by atoms with Gasteiger partial charge in [-0.2, -0.15) is 0 Å². The molecule has 1 atom stereocenters. The quantitative estimate of drug-likeness (QED) is 0.735. The molecule has 1 N–H and O–H groups in total. The number of methoxy groups -OCH3 is 1. The number of carbonyl (C=O) groups excluding carboxylic acids is 1. The van der Waals surface area contributed by atoms with Crippen LogP contribution in [0, 0.1) is 0 Å². The van der Waals surface area contributed by atoms with Crippen molar-refractivity contribution in [3.05, 3.63) is 35.9 Å². The Balaban J connectivity index is 2.19. The zero-order valence-corrected chi connectivity index (χ0v) is 11.8. The van der Waals surface area contributed by atoms with Crippen LogP contribution in [0.4, 0.5) is 0 Å². The van der Waals surface area contributed by atoms with Gasteiger partial charge in [0.25, 0.3) is 0 Å². The Kier molecular flexibility index (Phi) is 7.53. The minimum Gasteiger partial charge on any atom is -0.385 e. The number of amides is 1. The lowest BCUT2D eigenvalue weighted by molar-refractivity contribution is -0.120. The van der Waals surface area contributed by atoms with Crippen LogP contribution in [-0.4, -0.2) is 31.4 Å². The SMILES string of the molecule is COCCCNC(=O)[C@@H](C)SCc1ccccc1. The van der Waals surface area contributed by atoms with Crippen molar-refractivity contribution in [1.82, 2.24) is 5.32 Å². The minimum atomic E-state index is -0.0206. The van der Waals surface area contributed by atoms with Crippen LogP contribution >= 0.6 is 11.8 Å². The maximum atomic E-state index is 11.8. The lowest BCUT2D eigenvalue weighted by Crippen LogP contribution is -2.32. The van der Waals surface area contributed by atoms with Gasteiger partial charge in [-0.25, -0.2) is 0 Å². The molecule has 0 radical (unpaired) electrons. The first-order valence-electron chi connectivity index (χ1n) is 6.16. The lowest BCUT2D eigenvalue weighted by atomic mass is 10.2. The Hall–Kier alpha value is -1.00. The fourth-order valence-electron chi connectivity index (χ4n) is 1.44. The molecule has 0 saturated heterocycles. The molecule has 18 heavy (non-hydrogen) atoms. The van der Waals surface area contributed by atoms with E-state index in [4.69, 9.17) is 4.74 Å². The van der Waals surface area contributed by atoms with Crippen LogP contribution in [0.2, 0.25) is 0 Å². The Morgan fingerprint density at radius 3 is 2.78 bits per heavy atom. The van der Waals surface area contributed by atoms with E-state index in [1.54, 1.807) is 18.9 Å². The number of carbonyl (C=O) groups is 1. The van der Waals surface area contributed by atoms with Gasteiger partial charge in [-0.1, -0.05) is 30.3 Å². The highest BCUT2D eigenvalue weighted by Gasteiger charge is 2.12. The van der Waals surface area contributed by atoms with Crippen LogP contribution < -0.4 is 5.32 Å². The van der Waals surface area contributed by atoms with Crippen molar-refractivity contribution in [2.24, 2.45) is 0 Å². The van der Waals surface area contributed by atoms with Gasteiger partial charge in [0.15, 0.2) is 0 Å². The lowest BCUT2D eigenvalue weighted by Gasteiger charge is -2.11. The topological polar surface area (TPSA) is 38.3 Å². The molecule has 1 rings (SSSR count). The Bertz CT molecular complexity index is 343. The highest BCUT2D eigenvalue weighted by atomic mass is 32.2. The average molecular weight is 267 g/mol. The number of benzene rings is 1. The highest BCUT2D eigenvalue weighted by Crippen LogP contribution is 2.17. The number of rotatable bonds is 8. The van der Waals surface area contributed by atoms with Gasteiger partial charge in [0.2, 0.25) is 5.91 Å². The number of hydrogen-bond donors (Lipinski definition) is 1. The standard InChI is InChI=1S/C14H21NO2S/c1-12(14(16)15-9-6-10-17-2)18-11-13-7-4-3-5-8-13/h3-5,7-8,12H,6,9-11H2,1-2H3,(H,15,16)/t12-/m1/s1. The number of nitrogens with one attached hydrogen (secondary N) is 1. The van der Waals surface area contributed by atoms with Gasteiger partial charge in [-0.15, -0.1) is 11.8 Å². The van der Waals surface area contributed by atoms with Crippen LogP contribution in [0.15, 0.2) is 30.3 Å². The Morgan fingerprint density at radius 1 is 1.39 bits per heavy atom. The third-order valence-corrected chi connectivity index (χ3v) is 3.75. The van der Waals surface area contributed by atoms with Crippen molar-refractivity contribution in [3.8, 4) is 0 Å². The smallest absolute Gasteiger partial charge is 0.232 e. The second-order valence-electron chi connectivity index (χ2n) is 4.08. The van der Waals surface area contributed by atoms with Crippen molar-refractivity contribution < 1.29 is 9.53 Å². The van der Waals surface area contributed by atoms with Gasteiger partial charge in [0.1, 0.15) is 0 Å². The molecule has 100 valence electrons. The summed E-state index contributed by atoms with van der Waals surface area (Å²) >= 11 is 1.66. The Morgan fingerprint density at radius 2 is 2.11 bits per heavy atom. The first-order chi connectivity index (χ1) is 8.74. The Labute approximate surface area is 113 Å². The van der Waals surface area contributed by atoms with Gasteiger partial charge in [0.05, 0.1) is 5.25 Å². The fraction of sp³-hybridized carbons (Fsp3) is 0.500. The molecular weight excluding hydrogens is 246 g/mol. The first kappa shape index (κ1) is 15.1. The van der Waals surface area contributed by atoms with E-state index in [0.717, 1.165) is 12.2 Å². The van der Waals surface area contributed by atoms with Gasteiger partial charge in [-0.3, -0.25) is 4.79 Å². The molecule has 0 heterocycles. The van der Waals surface area contributed by atoms with E-state index in [2.05, 4.69) is 17.4 Å². The third kappa shape index (κ3) is 6.07. The number of ether oxygens (including phenoxy) is 1. The van der Waals surface area contributed by atoms with E-state index in [9.17, 15) is 4.79 Å². The molecule has 0 fully saturated rings. The van der Waals surface area contributed by atoms with Crippen LogP contribution in [-0.2, 0) is 15.3 Å². The molecule has 0 aliphatic heterocycles. The molecule has 0 aliphatic rings. The van der Waals surface area contributed by atoms with Crippen molar-refractivity contribution >= 4 is 17.7 Å². The van der Waals surface area contributed by atoms with E-state index in [1.807, 2.05) is 25.1 Å². The first-order valence-corrected chi connectivity index (χ1v) is 7.21. The van der Waals surface area contributed by atoms with Crippen LogP contribution in [0.5, 0.6) is 0 Å². The molecule has 1 aromatic rings. The monoisotopic (exact) mass is 267 g/mol. The zero-order valence-electron chi connectivity index (χ0n) is 11.0. The number of thioether (sulfide) groups is 1. The summed E-state index contributed by atoms with van der Waals surface area (Å²) in [5, 5.41) is 2.89. The average Bonchev–Trinajstić information content (AvgIpc) is 2.42. The van der Waals surface area contributed by atoms with E-state index >= 15 is 0 Å². The van der Waals surface area contributed by atoms with Gasteiger partial charge in [0, 0.05) is 26.0 Å². The molecule has 1 amide bonds. The molecule has 0 bridgehead atoms. The summed E-state index contributed by atoms with van der Waals surface area (Å²) in [6.07, 6.45) is 0.859. The molecule has 0 spiro atoms. The number of hydrogen-bond acceptors (Lipinski definition) is 3. The molecule has 0 unspecified atom stereocenters. The maximum absolute atomic E-state index is 11.8. The second-order valence-corrected chi connectivity index (χ2v) is 5.41. The maximum Gasteiger partial charge on any atom is 0.232 e. The zero-order chi connectivity index (χ0) is 13.2. The highest BCUT2D eigenvalue weighted by molar-refractivity contribution is 7.99. The molecule has 3 nitrogen and oxygen atoms in total. The summed E-state index contributed by atoms with van der Waals surface area (Å²) in [6, 6.07) is 10.2. The third-order valence-electron chi connectivity index (χ3n) is 2.54. The normalized spacial score (nSPS) is 12.1. The van der Waals surface area contributed by atoms with E-state index in [-0.39, 0.29) is 11.2 Å². The summed E-state index contributed by atoms with van der Waals surface area (Å²) in [6.45, 7) is 3.31. The molecule has 1 aromatic carbocycles. The minimum absolute atomic E-state index is 0.0206.